The van der Waals surface area contributed by atoms with E-state index in [4.69, 9.17) is 5.11 Å². The van der Waals surface area contributed by atoms with Crippen molar-refractivity contribution in [3.05, 3.63) is 29.8 Å². The molecule has 1 aliphatic heterocycles. The van der Waals surface area contributed by atoms with Crippen LogP contribution in [0.15, 0.2) is 24.3 Å². The van der Waals surface area contributed by atoms with E-state index in [1.54, 1.807) is 12.1 Å². The Morgan fingerprint density at radius 2 is 2.05 bits per heavy atom. The van der Waals surface area contributed by atoms with Crippen molar-refractivity contribution in [2.24, 2.45) is 0 Å². The Balaban J connectivity index is 1.74. The van der Waals surface area contributed by atoms with E-state index in [2.05, 4.69) is 15.5 Å². The first-order chi connectivity index (χ1) is 9.27. The maximum Gasteiger partial charge on any atom is 0.337 e. The quantitative estimate of drug-likeness (QED) is 0.671. The molecular formula is C14H21N3O2. The van der Waals surface area contributed by atoms with Crippen molar-refractivity contribution >= 4 is 11.7 Å². The van der Waals surface area contributed by atoms with Gasteiger partial charge in [0, 0.05) is 38.4 Å². The fourth-order valence-corrected chi connectivity index (χ4v) is 2.28. The number of benzene rings is 1. The number of para-hydroxylation sites is 1. The van der Waals surface area contributed by atoms with Gasteiger partial charge in [-0.05, 0) is 25.1 Å². The Morgan fingerprint density at radius 1 is 1.32 bits per heavy atom. The van der Waals surface area contributed by atoms with Crippen LogP contribution in [0.5, 0.6) is 0 Å². The summed E-state index contributed by atoms with van der Waals surface area (Å²) in [6, 6.07) is 7.04. The average Bonchev–Trinajstić information content (AvgIpc) is 2.45. The maximum absolute atomic E-state index is 11.0. The predicted molar refractivity (Wildman–Crippen MR) is 75.8 cm³/mol. The molecule has 0 spiro atoms. The maximum atomic E-state index is 11.0. The smallest absolute Gasteiger partial charge is 0.337 e. The van der Waals surface area contributed by atoms with E-state index in [9.17, 15) is 4.79 Å². The van der Waals surface area contributed by atoms with Crippen molar-refractivity contribution in [2.75, 3.05) is 44.6 Å². The Morgan fingerprint density at radius 3 is 2.79 bits per heavy atom. The van der Waals surface area contributed by atoms with Crippen LogP contribution in [0.25, 0.3) is 0 Å². The minimum absolute atomic E-state index is 0.338. The molecule has 0 saturated carbocycles. The second-order valence-corrected chi connectivity index (χ2v) is 4.72. The normalized spacial score (nSPS) is 16.2. The summed E-state index contributed by atoms with van der Waals surface area (Å²) < 4.78 is 0. The van der Waals surface area contributed by atoms with E-state index in [-0.39, 0.29) is 0 Å². The van der Waals surface area contributed by atoms with E-state index < -0.39 is 5.97 Å². The van der Waals surface area contributed by atoms with E-state index in [1.807, 2.05) is 12.1 Å². The molecule has 5 heteroatoms. The highest BCUT2D eigenvalue weighted by molar-refractivity contribution is 5.94. The number of carbonyl (C=O) groups is 1. The second kappa shape index (κ2) is 7.11. The minimum Gasteiger partial charge on any atom is -0.478 e. The third-order valence-electron chi connectivity index (χ3n) is 3.33. The third-order valence-corrected chi connectivity index (χ3v) is 3.33. The van der Waals surface area contributed by atoms with Gasteiger partial charge < -0.3 is 20.6 Å². The number of rotatable bonds is 6. The number of nitrogens with one attached hydrogen (secondary N) is 2. The molecule has 19 heavy (non-hydrogen) atoms. The lowest BCUT2D eigenvalue weighted by atomic mass is 10.2. The van der Waals surface area contributed by atoms with E-state index in [0.717, 1.165) is 45.7 Å². The SMILES string of the molecule is O=C(O)c1ccccc1NCCCN1CCNCC1. The first kappa shape index (κ1) is 13.8. The number of carboxylic acid groups (broad SMARTS) is 1. The molecule has 1 aromatic carbocycles. The van der Waals surface area contributed by atoms with Crippen LogP contribution in [-0.2, 0) is 0 Å². The molecule has 0 radical (unpaired) electrons. The molecule has 0 amide bonds. The zero-order chi connectivity index (χ0) is 13.5. The highest BCUT2D eigenvalue weighted by Crippen LogP contribution is 2.14. The summed E-state index contributed by atoms with van der Waals surface area (Å²) >= 11 is 0. The van der Waals surface area contributed by atoms with Gasteiger partial charge in [-0.15, -0.1) is 0 Å². The van der Waals surface area contributed by atoms with Crippen molar-refractivity contribution in [3.8, 4) is 0 Å². The molecule has 5 nitrogen and oxygen atoms in total. The molecule has 1 aromatic rings. The van der Waals surface area contributed by atoms with Crippen LogP contribution < -0.4 is 10.6 Å². The summed E-state index contributed by atoms with van der Waals surface area (Å²) in [4.78, 5) is 13.5. The minimum atomic E-state index is -0.884. The zero-order valence-electron chi connectivity index (χ0n) is 11.1. The number of anilines is 1. The second-order valence-electron chi connectivity index (χ2n) is 4.72. The van der Waals surface area contributed by atoms with Gasteiger partial charge in [-0.1, -0.05) is 12.1 Å². The fourth-order valence-electron chi connectivity index (χ4n) is 2.28. The largest absolute Gasteiger partial charge is 0.478 e. The number of aromatic carboxylic acids is 1. The highest BCUT2D eigenvalue weighted by Gasteiger charge is 2.10. The van der Waals surface area contributed by atoms with Crippen LogP contribution >= 0.6 is 0 Å². The molecule has 0 atom stereocenters. The summed E-state index contributed by atoms with van der Waals surface area (Å²) in [5.41, 5.74) is 1.04. The van der Waals surface area contributed by atoms with E-state index in [0.29, 0.717) is 11.3 Å². The Labute approximate surface area is 113 Å². The zero-order valence-corrected chi connectivity index (χ0v) is 11.1. The average molecular weight is 263 g/mol. The number of hydrogen-bond donors (Lipinski definition) is 3. The van der Waals surface area contributed by atoms with Crippen molar-refractivity contribution in [1.82, 2.24) is 10.2 Å². The van der Waals surface area contributed by atoms with Crippen molar-refractivity contribution in [3.63, 3.8) is 0 Å². The highest BCUT2D eigenvalue weighted by atomic mass is 16.4. The van der Waals surface area contributed by atoms with Gasteiger partial charge >= 0.3 is 5.97 Å². The van der Waals surface area contributed by atoms with Gasteiger partial charge in [0.15, 0.2) is 0 Å². The fraction of sp³-hybridized carbons (Fsp3) is 0.500. The summed E-state index contributed by atoms with van der Waals surface area (Å²) in [6.45, 7) is 6.19. The van der Waals surface area contributed by atoms with Gasteiger partial charge in [-0.3, -0.25) is 0 Å². The van der Waals surface area contributed by atoms with Crippen LogP contribution in [0.2, 0.25) is 0 Å². The van der Waals surface area contributed by atoms with Crippen LogP contribution in [0, 0.1) is 0 Å². The standard InChI is InChI=1S/C14H21N3O2/c18-14(19)12-4-1-2-5-13(12)16-6-3-9-17-10-7-15-8-11-17/h1-2,4-5,15-16H,3,6-11H2,(H,18,19). The topological polar surface area (TPSA) is 64.6 Å². The van der Waals surface area contributed by atoms with Crippen LogP contribution in [0.4, 0.5) is 5.69 Å². The lowest BCUT2D eigenvalue weighted by molar-refractivity contribution is 0.0698. The molecule has 2 rings (SSSR count). The summed E-state index contributed by atoms with van der Waals surface area (Å²) in [5.74, 6) is -0.884. The van der Waals surface area contributed by atoms with E-state index >= 15 is 0 Å². The molecule has 0 bridgehead atoms. The molecule has 0 unspecified atom stereocenters. The lowest BCUT2D eigenvalue weighted by Crippen LogP contribution is -2.44. The first-order valence-electron chi connectivity index (χ1n) is 6.76. The molecule has 1 saturated heterocycles. The Kier molecular flexibility index (Phi) is 5.18. The van der Waals surface area contributed by atoms with Gasteiger partial charge in [-0.2, -0.15) is 0 Å². The molecule has 0 aliphatic carbocycles. The Hall–Kier alpha value is -1.59. The number of hydrogen-bond acceptors (Lipinski definition) is 4. The summed E-state index contributed by atoms with van der Waals surface area (Å²) in [7, 11) is 0. The van der Waals surface area contributed by atoms with Gasteiger partial charge in [-0.25, -0.2) is 4.79 Å². The lowest BCUT2D eigenvalue weighted by Gasteiger charge is -2.27. The molecule has 1 fully saturated rings. The molecule has 1 aliphatic rings. The van der Waals surface area contributed by atoms with Crippen molar-refractivity contribution in [2.45, 2.75) is 6.42 Å². The monoisotopic (exact) mass is 263 g/mol. The van der Waals surface area contributed by atoms with Gasteiger partial charge in [0.1, 0.15) is 0 Å². The van der Waals surface area contributed by atoms with Gasteiger partial charge in [0.25, 0.3) is 0 Å². The molecular weight excluding hydrogens is 242 g/mol. The molecule has 104 valence electrons. The van der Waals surface area contributed by atoms with Crippen molar-refractivity contribution in [1.29, 1.82) is 0 Å². The first-order valence-corrected chi connectivity index (χ1v) is 6.76. The van der Waals surface area contributed by atoms with Crippen molar-refractivity contribution < 1.29 is 9.90 Å². The van der Waals surface area contributed by atoms with Gasteiger partial charge in [0.2, 0.25) is 0 Å². The number of carboxylic acids is 1. The molecule has 0 aromatic heterocycles. The predicted octanol–water partition coefficient (Wildman–Crippen LogP) is 1.09. The third kappa shape index (κ3) is 4.22. The van der Waals surface area contributed by atoms with E-state index in [1.165, 1.54) is 0 Å². The summed E-state index contributed by atoms with van der Waals surface area (Å²) in [6.07, 6.45) is 1.02. The number of piperazine rings is 1. The Bertz CT molecular complexity index is 417. The van der Waals surface area contributed by atoms with Crippen LogP contribution in [0.3, 0.4) is 0 Å². The summed E-state index contributed by atoms with van der Waals surface area (Å²) in [5, 5.41) is 15.6. The van der Waals surface area contributed by atoms with Gasteiger partial charge in [0.05, 0.1) is 5.56 Å². The molecule has 3 N–H and O–H groups in total. The molecule has 1 heterocycles. The number of nitrogens with zero attached hydrogens (tertiary/aromatic N) is 1. The van der Waals surface area contributed by atoms with Crippen LogP contribution in [-0.4, -0.2) is 55.2 Å². The van der Waals surface area contributed by atoms with Crippen LogP contribution in [0.1, 0.15) is 16.8 Å².